The summed E-state index contributed by atoms with van der Waals surface area (Å²) in [6.07, 6.45) is 3.37. The summed E-state index contributed by atoms with van der Waals surface area (Å²) in [7, 11) is 1.25. The van der Waals surface area contributed by atoms with Crippen molar-refractivity contribution >= 4 is 22.8 Å². The van der Waals surface area contributed by atoms with Crippen LogP contribution >= 0.6 is 0 Å². The van der Waals surface area contributed by atoms with Gasteiger partial charge in [0.2, 0.25) is 11.5 Å². The number of nitrogens with one attached hydrogen (secondary N) is 2. The van der Waals surface area contributed by atoms with Gasteiger partial charge in [-0.15, -0.1) is 0 Å². The minimum atomic E-state index is -1.10. The van der Waals surface area contributed by atoms with Gasteiger partial charge in [0, 0.05) is 17.6 Å². The van der Waals surface area contributed by atoms with Crippen molar-refractivity contribution in [3.05, 3.63) is 47.0 Å². The number of hydrogen-bond donors (Lipinski definition) is 2. The smallest absolute Gasteiger partial charge is 0.255 e. The first-order valence-corrected chi connectivity index (χ1v) is 9.14. The summed E-state index contributed by atoms with van der Waals surface area (Å²) in [6, 6.07) is 2.67. The highest BCUT2D eigenvalue weighted by Crippen LogP contribution is 2.40. The topological polar surface area (TPSA) is 89.3 Å². The first-order valence-electron chi connectivity index (χ1n) is 9.14. The van der Waals surface area contributed by atoms with Crippen LogP contribution in [0.5, 0.6) is 5.75 Å². The normalized spacial score (nSPS) is 14.7. The van der Waals surface area contributed by atoms with Crippen LogP contribution in [0.2, 0.25) is 0 Å². The number of furan rings is 1. The fourth-order valence-electron chi connectivity index (χ4n) is 3.14. The predicted molar refractivity (Wildman–Crippen MR) is 102 cm³/mol. The van der Waals surface area contributed by atoms with Gasteiger partial charge in [0.15, 0.2) is 11.6 Å². The number of methoxy groups -OCH3 is 1. The predicted octanol–water partition coefficient (Wildman–Crippen LogP) is 3.71. The van der Waals surface area contributed by atoms with Crippen LogP contribution in [0.25, 0.3) is 11.1 Å². The Balaban J connectivity index is 1.62. The number of benzene rings is 1. The maximum atomic E-state index is 14.2. The lowest BCUT2D eigenvalue weighted by molar-refractivity contribution is 0.0950. The number of aryl methyl sites for hydroxylation is 1. The van der Waals surface area contributed by atoms with Gasteiger partial charge in [-0.05, 0) is 32.8 Å². The molecule has 1 amide bonds. The van der Waals surface area contributed by atoms with Gasteiger partial charge < -0.3 is 19.8 Å². The Hall–Kier alpha value is -3.23. The summed E-state index contributed by atoms with van der Waals surface area (Å²) < 4.78 is 38.4. The maximum Gasteiger partial charge on any atom is 0.255 e. The van der Waals surface area contributed by atoms with Crippen molar-refractivity contribution in [2.75, 3.05) is 12.4 Å². The third kappa shape index (κ3) is 3.48. The van der Waals surface area contributed by atoms with Gasteiger partial charge in [0.05, 0.1) is 18.1 Å². The van der Waals surface area contributed by atoms with Gasteiger partial charge in [-0.1, -0.05) is 6.07 Å². The van der Waals surface area contributed by atoms with Crippen molar-refractivity contribution in [2.24, 2.45) is 0 Å². The Labute approximate surface area is 165 Å². The number of ether oxygens (including phenoxy) is 1. The summed E-state index contributed by atoms with van der Waals surface area (Å²) >= 11 is 0. The number of fused-ring (bicyclic) bond motifs is 1. The number of carbonyl (C=O) groups is 1. The number of hydrogen-bond acceptors (Lipinski definition) is 6. The fraction of sp³-hybridized carbons (Fsp3) is 0.350. The Kier molecular flexibility index (Phi) is 4.60. The Bertz CT molecular complexity index is 1110. The van der Waals surface area contributed by atoms with E-state index < -0.39 is 17.5 Å². The lowest BCUT2D eigenvalue weighted by Gasteiger charge is -2.13. The van der Waals surface area contributed by atoms with Gasteiger partial charge in [-0.25, -0.2) is 14.4 Å². The standard InChI is InChI=1S/C20H20F2N4O3/c1-10-13(14-17(26-20(2)6-7-20)24-9-25-19(14)29-10)18(27)23-8-11-4-5-12(28-3)16(22)15(11)21/h4-5,9H,6-8H2,1-3H3,(H,23,27)(H,24,25,26). The zero-order chi connectivity index (χ0) is 20.8. The second-order valence-corrected chi connectivity index (χ2v) is 7.36. The largest absolute Gasteiger partial charge is 0.494 e. The van der Waals surface area contributed by atoms with Crippen molar-refractivity contribution in [1.29, 1.82) is 0 Å². The highest BCUT2D eigenvalue weighted by molar-refractivity contribution is 6.10. The lowest BCUT2D eigenvalue weighted by atomic mass is 10.1. The van der Waals surface area contributed by atoms with Crippen LogP contribution in [0.15, 0.2) is 22.9 Å². The van der Waals surface area contributed by atoms with Crippen LogP contribution in [-0.4, -0.2) is 28.5 Å². The molecule has 0 unspecified atom stereocenters. The molecule has 152 valence electrons. The van der Waals surface area contributed by atoms with Gasteiger partial charge >= 0.3 is 0 Å². The fourth-order valence-corrected chi connectivity index (χ4v) is 3.14. The molecule has 1 aliphatic rings. The average molecular weight is 402 g/mol. The quantitative estimate of drug-likeness (QED) is 0.653. The molecule has 1 aromatic carbocycles. The summed E-state index contributed by atoms with van der Waals surface area (Å²) in [4.78, 5) is 21.2. The van der Waals surface area contributed by atoms with E-state index in [1.165, 1.54) is 25.6 Å². The minimum Gasteiger partial charge on any atom is -0.494 e. The summed E-state index contributed by atoms with van der Waals surface area (Å²) in [5.41, 5.74) is 0.490. The molecule has 3 aromatic rings. The molecule has 1 fully saturated rings. The van der Waals surface area contributed by atoms with Gasteiger partial charge in [0.1, 0.15) is 17.9 Å². The van der Waals surface area contributed by atoms with E-state index in [4.69, 9.17) is 9.15 Å². The molecule has 0 saturated heterocycles. The van der Waals surface area contributed by atoms with Crippen molar-refractivity contribution in [3.63, 3.8) is 0 Å². The molecule has 0 radical (unpaired) electrons. The molecule has 0 atom stereocenters. The Morgan fingerprint density at radius 2 is 2.03 bits per heavy atom. The molecule has 9 heteroatoms. The van der Waals surface area contributed by atoms with Crippen molar-refractivity contribution in [3.8, 4) is 5.75 Å². The van der Waals surface area contributed by atoms with Crippen molar-refractivity contribution in [2.45, 2.75) is 38.8 Å². The van der Waals surface area contributed by atoms with Crippen LogP contribution in [0, 0.1) is 18.6 Å². The molecule has 1 aliphatic carbocycles. The number of nitrogens with zero attached hydrogens (tertiary/aromatic N) is 2. The zero-order valence-corrected chi connectivity index (χ0v) is 16.2. The number of anilines is 1. The Morgan fingerprint density at radius 3 is 2.72 bits per heavy atom. The van der Waals surface area contributed by atoms with Crippen LogP contribution < -0.4 is 15.4 Å². The molecule has 2 heterocycles. The van der Waals surface area contributed by atoms with E-state index in [2.05, 4.69) is 27.5 Å². The first-order chi connectivity index (χ1) is 13.8. The first kappa shape index (κ1) is 19.1. The van der Waals surface area contributed by atoms with E-state index in [0.717, 1.165) is 12.8 Å². The van der Waals surface area contributed by atoms with Crippen molar-refractivity contribution in [1.82, 2.24) is 15.3 Å². The zero-order valence-electron chi connectivity index (χ0n) is 16.2. The minimum absolute atomic E-state index is 0.00203. The van der Waals surface area contributed by atoms with E-state index >= 15 is 0 Å². The van der Waals surface area contributed by atoms with Gasteiger partial charge in [0.25, 0.3) is 5.91 Å². The second-order valence-electron chi connectivity index (χ2n) is 7.36. The summed E-state index contributed by atoms with van der Waals surface area (Å²) in [6.45, 7) is 3.51. The highest BCUT2D eigenvalue weighted by Gasteiger charge is 2.38. The third-order valence-corrected chi connectivity index (χ3v) is 5.10. The van der Waals surface area contributed by atoms with Crippen LogP contribution in [0.1, 0.15) is 41.4 Å². The molecule has 2 N–H and O–H groups in total. The van der Waals surface area contributed by atoms with Crippen LogP contribution in [0.3, 0.4) is 0 Å². The second kappa shape index (κ2) is 6.98. The van der Waals surface area contributed by atoms with E-state index in [1.54, 1.807) is 6.92 Å². The average Bonchev–Trinajstić information content (AvgIpc) is 3.31. The number of rotatable bonds is 6. The van der Waals surface area contributed by atoms with Crippen LogP contribution in [-0.2, 0) is 6.54 Å². The molecule has 4 rings (SSSR count). The monoisotopic (exact) mass is 402 g/mol. The van der Waals surface area contributed by atoms with Crippen molar-refractivity contribution < 1.29 is 22.7 Å². The molecule has 0 aliphatic heterocycles. The number of carbonyl (C=O) groups excluding carboxylic acids is 1. The van der Waals surface area contributed by atoms with Gasteiger partial charge in [-0.3, -0.25) is 4.79 Å². The lowest BCUT2D eigenvalue weighted by Crippen LogP contribution is -2.24. The van der Waals surface area contributed by atoms with E-state index in [-0.39, 0.29) is 34.7 Å². The van der Waals surface area contributed by atoms with Gasteiger partial charge in [-0.2, -0.15) is 4.39 Å². The molecule has 0 bridgehead atoms. The number of halogens is 2. The van der Waals surface area contributed by atoms with E-state index in [1.807, 2.05) is 0 Å². The van der Waals surface area contributed by atoms with Crippen LogP contribution in [0.4, 0.5) is 14.6 Å². The molecule has 1 saturated carbocycles. The molecular weight excluding hydrogens is 382 g/mol. The molecular formula is C20H20F2N4O3. The maximum absolute atomic E-state index is 14.2. The number of amides is 1. The highest BCUT2D eigenvalue weighted by atomic mass is 19.2. The van der Waals surface area contributed by atoms with E-state index in [9.17, 15) is 13.6 Å². The third-order valence-electron chi connectivity index (χ3n) is 5.10. The SMILES string of the molecule is COc1ccc(CNC(=O)c2c(C)oc3ncnc(NC4(C)CC4)c23)c(F)c1F. The molecule has 29 heavy (non-hydrogen) atoms. The molecule has 7 nitrogen and oxygen atoms in total. The molecule has 2 aromatic heterocycles. The Morgan fingerprint density at radius 1 is 1.28 bits per heavy atom. The summed E-state index contributed by atoms with van der Waals surface area (Å²) in [5.74, 6) is -1.97. The number of aromatic nitrogens is 2. The molecule has 0 spiro atoms. The van der Waals surface area contributed by atoms with E-state index in [0.29, 0.717) is 17.0 Å². The summed E-state index contributed by atoms with van der Waals surface area (Å²) in [5, 5.41) is 6.42.